The van der Waals surface area contributed by atoms with Gasteiger partial charge in [-0.1, -0.05) is 61.5 Å². The maximum absolute atomic E-state index is 12.4. The van der Waals surface area contributed by atoms with Gasteiger partial charge in [0.15, 0.2) is 0 Å². The highest BCUT2D eigenvalue weighted by molar-refractivity contribution is 6.01. The van der Waals surface area contributed by atoms with E-state index in [1.807, 2.05) is 61.5 Å². The molecule has 1 amide bonds. The van der Waals surface area contributed by atoms with Crippen molar-refractivity contribution in [3.05, 3.63) is 77.9 Å². The zero-order valence-electron chi connectivity index (χ0n) is 14.1. The van der Waals surface area contributed by atoms with Crippen molar-refractivity contribution in [2.45, 2.75) is 13.3 Å². The van der Waals surface area contributed by atoms with Crippen molar-refractivity contribution in [2.75, 3.05) is 6.61 Å². The molecule has 0 bridgehead atoms. The third-order valence-corrected chi connectivity index (χ3v) is 3.79. The molecule has 0 unspecified atom stereocenters. The normalized spacial score (nSPS) is 10.9. The molecule has 0 heterocycles. The number of hydrazone groups is 1. The summed E-state index contributed by atoms with van der Waals surface area (Å²) in [6, 6.07) is 21.2. The molecular weight excluding hydrogens is 312 g/mol. The Morgan fingerprint density at radius 3 is 2.68 bits per heavy atom. The van der Waals surface area contributed by atoms with Gasteiger partial charge in [0, 0.05) is 5.56 Å². The van der Waals surface area contributed by atoms with Gasteiger partial charge in [0.25, 0.3) is 5.91 Å². The fourth-order valence-corrected chi connectivity index (χ4v) is 2.58. The van der Waals surface area contributed by atoms with Gasteiger partial charge in [-0.2, -0.15) is 5.10 Å². The molecule has 3 aromatic rings. The van der Waals surface area contributed by atoms with E-state index in [-0.39, 0.29) is 5.91 Å². The Balaban J connectivity index is 1.75. The Morgan fingerprint density at radius 2 is 1.80 bits per heavy atom. The molecule has 0 fully saturated rings. The topological polar surface area (TPSA) is 50.7 Å². The number of nitrogens with one attached hydrogen (secondary N) is 1. The van der Waals surface area contributed by atoms with Gasteiger partial charge in [0.1, 0.15) is 5.75 Å². The lowest BCUT2D eigenvalue weighted by atomic mass is 10.1. The summed E-state index contributed by atoms with van der Waals surface area (Å²) in [5.74, 6) is 0.283. The molecule has 0 aliphatic heterocycles. The second-order valence-corrected chi connectivity index (χ2v) is 5.61. The first-order valence-corrected chi connectivity index (χ1v) is 8.32. The van der Waals surface area contributed by atoms with E-state index < -0.39 is 0 Å². The number of fused-ring (bicyclic) bond motifs is 1. The summed E-state index contributed by atoms with van der Waals surface area (Å²) in [4.78, 5) is 12.4. The van der Waals surface area contributed by atoms with E-state index in [0.717, 1.165) is 22.8 Å². The molecule has 3 rings (SSSR count). The summed E-state index contributed by atoms with van der Waals surface area (Å²) in [5.41, 5.74) is 4.01. The largest absolute Gasteiger partial charge is 0.493 e. The highest BCUT2D eigenvalue weighted by Gasteiger charge is 2.11. The molecule has 25 heavy (non-hydrogen) atoms. The lowest BCUT2D eigenvalue weighted by molar-refractivity contribution is 0.0951. The van der Waals surface area contributed by atoms with Crippen LogP contribution >= 0.6 is 0 Å². The van der Waals surface area contributed by atoms with Crippen molar-refractivity contribution < 1.29 is 9.53 Å². The minimum atomic E-state index is -0.289. The quantitative estimate of drug-likeness (QED) is 0.537. The third kappa shape index (κ3) is 4.04. The van der Waals surface area contributed by atoms with Gasteiger partial charge in [-0.3, -0.25) is 4.79 Å². The first-order chi connectivity index (χ1) is 12.3. The Kier molecular flexibility index (Phi) is 5.42. The predicted octanol–water partition coefficient (Wildman–Crippen LogP) is 4.39. The molecule has 0 aliphatic rings. The number of hydrogen-bond donors (Lipinski definition) is 1. The van der Waals surface area contributed by atoms with E-state index in [0.29, 0.717) is 17.9 Å². The molecular formula is C21H20N2O2. The number of para-hydroxylation sites is 1. The fourth-order valence-electron chi connectivity index (χ4n) is 2.58. The van der Waals surface area contributed by atoms with Gasteiger partial charge in [0.05, 0.1) is 18.4 Å². The van der Waals surface area contributed by atoms with E-state index in [1.54, 1.807) is 18.3 Å². The lowest BCUT2D eigenvalue weighted by Crippen LogP contribution is -2.18. The number of nitrogens with zero attached hydrogens (tertiary/aromatic N) is 1. The molecule has 126 valence electrons. The van der Waals surface area contributed by atoms with Crippen LogP contribution in [0.25, 0.3) is 10.8 Å². The number of carbonyl (C=O) groups is 1. The van der Waals surface area contributed by atoms with E-state index in [4.69, 9.17) is 4.74 Å². The van der Waals surface area contributed by atoms with Crippen molar-refractivity contribution in [2.24, 2.45) is 5.10 Å². The second kappa shape index (κ2) is 8.11. The predicted molar refractivity (Wildman–Crippen MR) is 101 cm³/mol. The number of hydrogen-bond acceptors (Lipinski definition) is 3. The first kappa shape index (κ1) is 16.7. The van der Waals surface area contributed by atoms with Crippen molar-refractivity contribution in [1.29, 1.82) is 0 Å². The van der Waals surface area contributed by atoms with Crippen LogP contribution in [-0.2, 0) is 0 Å². The van der Waals surface area contributed by atoms with E-state index in [9.17, 15) is 4.79 Å². The standard InChI is InChI=1S/C21H20N2O2/c1-2-14-25-20-13-6-5-12-19(20)21(24)23-22-15-17-10-7-9-16-8-3-4-11-18(16)17/h3-13,15H,2,14H2,1H3,(H,23,24). The smallest absolute Gasteiger partial charge is 0.275 e. The molecule has 0 saturated carbocycles. The molecule has 0 aromatic heterocycles. The third-order valence-electron chi connectivity index (χ3n) is 3.79. The minimum Gasteiger partial charge on any atom is -0.493 e. The van der Waals surface area contributed by atoms with E-state index >= 15 is 0 Å². The van der Waals surface area contributed by atoms with Gasteiger partial charge >= 0.3 is 0 Å². The minimum absolute atomic E-state index is 0.289. The van der Waals surface area contributed by atoms with Crippen molar-refractivity contribution >= 4 is 22.9 Å². The molecule has 0 saturated heterocycles. The highest BCUT2D eigenvalue weighted by atomic mass is 16.5. The zero-order valence-corrected chi connectivity index (χ0v) is 14.1. The van der Waals surface area contributed by atoms with Crippen molar-refractivity contribution in [1.82, 2.24) is 5.43 Å². The van der Waals surface area contributed by atoms with Crippen molar-refractivity contribution in [3.8, 4) is 5.75 Å². The van der Waals surface area contributed by atoms with Crippen molar-refractivity contribution in [3.63, 3.8) is 0 Å². The van der Waals surface area contributed by atoms with Crippen LogP contribution in [0.2, 0.25) is 0 Å². The molecule has 4 nitrogen and oxygen atoms in total. The Morgan fingerprint density at radius 1 is 1.04 bits per heavy atom. The Bertz CT molecular complexity index is 898. The first-order valence-electron chi connectivity index (χ1n) is 8.32. The zero-order chi connectivity index (χ0) is 17.5. The summed E-state index contributed by atoms with van der Waals surface area (Å²) < 4.78 is 5.62. The number of benzene rings is 3. The molecule has 0 radical (unpaired) electrons. The van der Waals surface area contributed by atoms with Crippen LogP contribution in [0, 0.1) is 0 Å². The van der Waals surface area contributed by atoms with Gasteiger partial charge in [-0.25, -0.2) is 5.43 Å². The summed E-state index contributed by atoms with van der Waals surface area (Å²) in [6.07, 6.45) is 2.55. The lowest BCUT2D eigenvalue weighted by Gasteiger charge is -2.09. The van der Waals surface area contributed by atoms with Crippen LogP contribution in [0.15, 0.2) is 71.8 Å². The SMILES string of the molecule is CCCOc1ccccc1C(=O)NN=Cc1cccc2ccccc12. The van der Waals surface area contributed by atoms with E-state index in [1.165, 1.54) is 0 Å². The van der Waals surface area contributed by atoms with Crippen LogP contribution < -0.4 is 10.2 Å². The van der Waals surface area contributed by atoms with Gasteiger partial charge in [-0.05, 0) is 29.3 Å². The van der Waals surface area contributed by atoms with Gasteiger partial charge in [-0.15, -0.1) is 0 Å². The maximum Gasteiger partial charge on any atom is 0.275 e. The Hall–Kier alpha value is -3.14. The molecule has 0 atom stereocenters. The fraction of sp³-hybridized carbons (Fsp3) is 0.143. The average molecular weight is 332 g/mol. The van der Waals surface area contributed by atoms with Crippen LogP contribution in [-0.4, -0.2) is 18.7 Å². The number of rotatable bonds is 6. The number of carbonyl (C=O) groups excluding carboxylic acids is 1. The molecule has 0 aliphatic carbocycles. The summed E-state index contributed by atoms with van der Waals surface area (Å²) in [7, 11) is 0. The molecule has 3 aromatic carbocycles. The summed E-state index contributed by atoms with van der Waals surface area (Å²) in [6.45, 7) is 2.60. The molecule has 4 heteroatoms. The average Bonchev–Trinajstić information content (AvgIpc) is 2.66. The molecule has 1 N–H and O–H groups in total. The van der Waals surface area contributed by atoms with Gasteiger partial charge < -0.3 is 4.74 Å². The van der Waals surface area contributed by atoms with E-state index in [2.05, 4.69) is 10.5 Å². The second-order valence-electron chi connectivity index (χ2n) is 5.61. The number of ether oxygens (including phenoxy) is 1. The van der Waals surface area contributed by atoms with Crippen LogP contribution in [0.5, 0.6) is 5.75 Å². The maximum atomic E-state index is 12.4. The Labute approximate surface area is 147 Å². The van der Waals surface area contributed by atoms with Crippen LogP contribution in [0.3, 0.4) is 0 Å². The summed E-state index contributed by atoms with van der Waals surface area (Å²) >= 11 is 0. The molecule has 0 spiro atoms. The summed E-state index contributed by atoms with van der Waals surface area (Å²) in [5, 5.41) is 6.34. The highest BCUT2D eigenvalue weighted by Crippen LogP contribution is 2.18. The van der Waals surface area contributed by atoms with Gasteiger partial charge in [0.2, 0.25) is 0 Å². The monoisotopic (exact) mass is 332 g/mol. The van der Waals surface area contributed by atoms with Crippen LogP contribution in [0.4, 0.5) is 0 Å². The van der Waals surface area contributed by atoms with Crippen LogP contribution in [0.1, 0.15) is 29.3 Å². The number of amides is 1.